The number of unbranched alkanes of at least 4 members (excludes halogenated alkanes) is 3. The van der Waals surface area contributed by atoms with E-state index in [1.165, 1.54) is 22.8 Å². The molecule has 0 spiro atoms. The molecule has 84 valence electrons. The van der Waals surface area contributed by atoms with Gasteiger partial charge in [0.05, 0.1) is 6.61 Å². The van der Waals surface area contributed by atoms with Crippen LogP contribution in [0.4, 0.5) is 0 Å². The van der Waals surface area contributed by atoms with Gasteiger partial charge in [-0.25, -0.2) is 0 Å². The van der Waals surface area contributed by atoms with E-state index in [1.54, 1.807) is 0 Å². The van der Waals surface area contributed by atoms with Crippen LogP contribution in [0.1, 0.15) is 32.6 Å². The highest BCUT2D eigenvalue weighted by Crippen LogP contribution is 2.22. The fourth-order valence-corrected chi connectivity index (χ4v) is 2.87. The molecule has 0 heterocycles. The van der Waals surface area contributed by atoms with Gasteiger partial charge in [-0.1, -0.05) is 42.1 Å². The van der Waals surface area contributed by atoms with Gasteiger partial charge >= 0.3 is 0 Å². The Morgan fingerprint density at radius 1 is 1.20 bits per heavy atom. The highest BCUT2D eigenvalue weighted by molar-refractivity contribution is 14.1. The lowest BCUT2D eigenvalue weighted by atomic mass is 10.2. The zero-order valence-corrected chi connectivity index (χ0v) is 12.7. The topological polar surface area (TPSA) is 9.23 Å². The van der Waals surface area contributed by atoms with Crippen LogP contribution in [0.2, 0.25) is 0 Å². The summed E-state index contributed by atoms with van der Waals surface area (Å²) in [5, 5.41) is 0. The highest BCUT2D eigenvalue weighted by Gasteiger charge is 1.98. The third-order valence-corrected chi connectivity index (χ3v) is 3.18. The summed E-state index contributed by atoms with van der Waals surface area (Å²) in [6.45, 7) is 3.05. The van der Waals surface area contributed by atoms with Crippen LogP contribution in [0, 0.1) is 3.57 Å². The molecule has 3 heteroatoms. The van der Waals surface area contributed by atoms with Crippen molar-refractivity contribution in [1.29, 1.82) is 0 Å². The van der Waals surface area contributed by atoms with E-state index in [0.29, 0.717) is 0 Å². The standard InChI is InChI=1S/C12H16BrIO/c1-2-3-4-5-6-15-12-8-10(13)7-11(14)9-12/h7-9H,2-6H2,1H3. The Morgan fingerprint density at radius 2 is 2.00 bits per heavy atom. The van der Waals surface area contributed by atoms with Gasteiger partial charge < -0.3 is 4.74 Å². The smallest absolute Gasteiger partial charge is 0.121 e. The molecule has 0 aromatic heterocycles. The van der Waals surface area contributed by atoms with Crippen LogP contribution < -0.4 is 4.74 Å². The molecule has 15 heavy (non-hydrogen) atoms. The molecule has 0 bridgehead atoms. The molecule has 0 aliphatic heterocycles. The highest BCUT2D eigenvalue weighted by atomic mass is 127. The number of benzene rings is 1. The SMILES string of the molecule is CCCCCCOc1cc(Br)cc(I)c1. The Bertz CT molecular complexity index is 281. The van der Waals surface area contributed by atoms with Crippen molar-refractivity contribution in [3.8, 4) is 5.75 Å². The zero-order valence-electron chi connectivity index (χ0n) is 8.93. The first-order valence-electron chi connectivity index (χ1n) is 5.31. The Hall–Kier alpha value is 0.230. The average Bonchev–Trinajstić information content (AvgIpc) is 2.16. The van der Waals surface area contributed by atoms with Crippen molar-refractivity contribution in [1.82, 2.24) is 0 Å². The second kappa shape index (κ2) is 7.49. The maximum atomic E-state index is 5.68. The normalized spacial score (nSPS) is 10.3. The number of ether oxygens (including phenoxy) is 1. The second-order valence-electron chi connectivity index (χ2n) is 3.51. The molecule has 0 N–H and O–H groups in total. The van der Waals surface area contributed by atoms with Gasteiger partial charge in [-0.15, -0.1) is 0 Å². The van der Waals surface area contributed by atoms with Crippen LogP contribution in [-0.4, -0.2) is 6.61 Å². The van der Waals surface area contributed by atoms with Gasteiger partial charge in [-0.2, -0.15) is 0 Å². The van der Waals surface area contributed by atoms with Crippen molar-refractivity contribution in [2.45, 2.75) is 32.6 Å². The monoisotopic (exact) mass is 382 g/mol. The first-order chi connectivity index (χ1) is 7.22. The van der Waals surface area contributed by atoms with Crippen LogP contribution in [0.15, 0.2) is 22.7 Å². The minimum Gasteiger partial charge on any atom is -0.494 e. The molecule has 1 nitrogen and oxygen atoms in total. The van der Waals surface area contributed by atoms with Crippen LogP contribution >= 0.6 is 38.5 Å². The molecule has 1 rings (SSSR count). The van der Waals surface area contributed by atoms with Gasteiger partial charge in [0.2, 0.25) is 0 Å². The van der Waals surface area contributed by atoms with E-state index < -0.39 is 0 Å². The molecule has 0 fully saturated rings. The molecule has 0 aliphatic carbocycles. The molecule has 0 unspecified atom stereocenters. The van der Waals surface area contributed by atoms with Gasteiger partial charge in [0.15, 0.2) is 0 Å². The second-order valence-corrected chi connectivity index (χ2v) is 5.68. The molecular formula is C12H16BrIO. The zero-order chi connectivity index (χ0) is 11.1. The Kier molecular flexibility index (Phi) is 6.64. The Morgan fingerprint density at radius 3 is 2.67 bits per heavy atom. The fraction of sp³-hybridized carbons (Fsp3) is 0.500. The molecular weight excluding hydrogens is 367 g/mol. The average molecular weight is 383 g/mol. The minimum absolute atomic E-state index is 0.826. The third-order valence-electron chi connectivity index (χ3n) is 2.10. The van der Waals surface area contributed by atoms with Gasteiger partial charge in [0, 0.05) is 8.04 Å². The predicted molar refractivity (Wildman–Crippen MR) is 76.5 cm³/mol. The van der Waals surface area contributed by atoms with Crippen LogP contribution in [0.3, 0.4) is 0 Å². The first-order valence-corrected chi connectivity index (χ1v) is 7.18. The van der Waals surface area contributed by atoms with Crippen molar-refractivity contribution in [3.63, 3.8) is 0 Å². The van der Waals surface area contributed by atoms with Crippen LogP contribution in [0.25, 0.3) is 0 Å². The van der Waals surface area contributed by atoms with E-state index in [-0.39, 0.29) is 0 Å². The predicted octanol–water partition coefficient (Wildman–Crippen LogP) is 5.01. The summed E-state index contributed by atoms with van der Waals surface area (Å²) in [5.74, 6) is 0.963. The van der Waals surface area contributed by atoms with Gasteiger partial charge in [0.25, 0.3) is 0 Å². The van der Waals surface area contributed by atoms with Crippen LogP contribution in [0.5, 0.6) is 5.75 Å². The number of rotatable bonds is 6. The fourth-order valence-electron chi connectivity index (χ4n) is 1.33. The first kappa shape index (κ1) is 13.3. The number of hydrogen-bond donors (Lipinski definition) is 0. The van der Waals surface area contributed by atoms with Gasteiger partial charge in [0.1, 0.15) is 5.75 Å². The van der Waals surface area contributed by atoms with Crippen molar-refractivity contribution < 1.29 is 4.74 Å². The Balaban J connectivity index is 2.31. The largest absolute Gasteiger partial charge is 0.494 e. The summed E-state index contributed by atoms with van der Waals surface area (Å²) in [6.07, 6.45) is 4.99. The summed E-state index contributed by atoms with van der Waals surface area (Å²) in [5.41, 5.74) is 0. The number of hydrogen-bond acceptors (Lipinski definition) is 1. The summed E-state index contributed by atoms with van der Waals surface area (Å²) < 4.78 is 7.96. The molecule has 0 amide bonds. The maximum absolute atomic E-state index is 5.68. The lowest BCUT2D eigenvalue weighted by Crippen LogP contribution is -1.97. The summed E-state index contributed by atoms with van der Waals surface area (Å²) >= 11 is 5.76. The number of halogens is 2. The van der Waals surface area contributed by atoms with Crippen molar-refractivity contribution in [2.75, 3.05) is 6.61 Å². The quantitative estimate of drug-likeness (QED) is 0.496. The van der Waals surface area contributed by atoms with Crippen molar-refractivity contribution >= 4 is 38.5 Å². The molecule has 1 aromatic carbocycles. The molecule has 0 aliphatic rings. The van der Waals surface area contributed by atoms with E-state index in [9.17, 15) is 0 Å². The minimum atomic E-state index is 0.826. The van der Waals surface area contributed by atoms with E-state index in [1.807, 2.05) is 6.07 Å². The van der Waals surface area contributed by atoms with Crippen LogP contribution in [-0.2, 0) is 0 Å². The molecule has 0 radical (unpaired) electrons. The van der Waals surface area contributed by atoms with Gasteiger partial charge in [-0.05, 0) is 47.2 Å². The summed E-state index contributed by atoms with van der Waals surface area (Å²) in [4.78, 5) is 0. The van der Waals surface area contributed by atoms with Crippen molar-refractivity contribution in [2.24, 2.45) is 0 Å². The summed E-state index contributed by atoms with van der Waals surface area (Å²) in [6, 6.07) is 6.15. The van der Waals surface area contributed by atoms with Crippen molar-refractivity contribution in [3.05, 3.63) is 26.2 Å². The maximum Gasteiger partial charge on any atom is 0.121 e. The van der Waals surface area contributed by atoms with E-state index in [2.05, 4.69) is 57.6 Å². The van der Waals surface area contributed by atoms with E-state index >= 15 is 0 Å². The third kappa shape index (κ3) is 5.76. The van der Waals surface area contributed by atoms with E-state index in [4.69, 9.17) is 4.74 Å². The lowest BCUT2D eigenvalue weighted by Gasteiger charge is -2.06. The molecule has 0 saturated carbocycles. The molecule has 0 atom stereocenters. The van der Waals surface area contributed by atoms with E-state index in [0.717, 1.165) is 23.2 Å². The van der Waals surface area contributed by atoms with Gasteiger partial charge in [-0.3, -0.25) is 0 Å². The molecule has 0 saturated heterocycles. The lowest BCUT2D eigenvalue weighted by molar-refractivity contribution is 0.304. The summed E-state index contributed by atoms with van der Waals surface area (Å²) in [7, 11) is 0. The Labute approximate surface area is 114 Å². The molecule has 1 aromatic rings.